The molecule has 0 bridgehead atoms. The molecule has 0 saturated carbocycles. The van der Waals surface area contributed by atoms with Crippen molar-refractivity contribution in [1.82, 2.24) is 0 Å². The van der Waals surface area contributed by atoms with E-state index in [9.17, 15) is 26.0 Å². The molecule has 2 aromatic carbocycles. The molecule has 0 aliphatic rings. The molecular weight excluding hydrogens is 476 g/mol. The average molecular weight is 507 g/mol. The summed E-state index contributed by atoms with van der Waals surface area (Å²) >= 11 is 0.508. The summed E-state index contributed by atoms with van der Waals surface area (Å²) in [4.78, 5) is -2.63. The number of hydrogen-bond acceptors (Lipinski definition) is 3. The Hall–Kier alpha value is -1.58. The molecule has 0 unspecified atom stereocenters. The van der Waals surface area contributed by atoms with Crippen molar-refractivity contribution in [2.45, 2.75) is 93.2 Å². The first kappa shape index (κ1) is 27.7. The van der Waals surface area contributed by atoms with Gasteiger partial charge in [-0.2, -0.15) is 8.42 Å². The average Bonchev–Trinajstić information content (AvgIpc) is 2.59. The van der Waals surface area contributed by atoms with E-state index in [0.717, 1.165) is 16.7 Å². The first-order valence-electron chi connectivity index (χ1n) is 10.3. The van der Waals surface area contributed by atoms with E-state index in [-0.39, 0.29) is 5.41 Å². The molecule has 0 amide bonds. The Morgan fingerprint density at radius 2 is 1.03 bits per heavy atom. The van der Waals surface area contributed by atoms with Crippen LogP contribution >= 0.6 is 11.8 Å². The predicted molar refractivity (Wildman–Crippen MR) is 123 cm³/mol. The summed E-state index contributed by atoms with van der Waals surface area (Å²) in [5.74, 6) is -8.10. The zero-order valence-electron chi connectivity index (χ0n) is 20.2. The number of benzene rings is 2. The highest BCUT2D eigenvalue weighted by Crippen LogP contribution is 2.47. The molecule has 0 aromatic heterocycles. The van der Waals surface area contributed by atoms with E-state index in [4.69, 9.17) is 4.55 Å². The third-order valence-corrected chi connectivity index (χ3v) is 7.30. The van der Waals surface area contributed by atoms with Gasteiger partial charge in [0.05, 0.1) is 4.90 Å². The molecule has 0 aliphatic carbocycles. The Kier molecular flexibility index (Phi) is 7.19. The van der Waals surface area contributed by atoms with E-state index in [0.29, 0.717) is 16.7 Å². The van der Waals surface area contributed by atoms with E-state index in [2.05, 4.69) is 0 Å². The summed E-state index contributed by atoms with van der Waals surface area (Å²) in [6, 6.07) is 3.85. The van der Waals surface area contributed by atoms with Crippen molar-refractivity contribution in [3.63, 3.8) is 0 Å². The lowest BCUT2D eigenvalue weighted by Gasteiger charge is -2.33. The fraction of sp³-hybridized carbons (Fsp3) is 0.500. The van der Waals surface area contributed by atoms with Crippen LogP contribution in [0.2, 0.25) is 0 Å². The fourth-order valence-electron chi connectivity index (χ4n) is 3.30. The first-order valence-corrected chi connectivity index (χ1v) is 12.5. The fourth-order valence-corrected chi connectivity index (χ4v) is 5.44. The highest BCUT2D eigenvalue weighted by atomic mass is 32.2. The normalized spacial score (nSPS) is 13.5. The van der Waals surface area contributed by atoms with Gasteiger partial charge in [0.1, 0.15) is 0 Å². The summed E-state index contributed by atoms with van der Waals surface area (Å²) in [5.41, 5.74) is 1.20. The highest BCUT2D eigenvalue weighted by molar-refractivity contribution is 7.99. The molecule has 0 saturated heterocycles. The van der Waals surface area contributed by atoms with Crippen molar-refractivity contribution in [3.8, 4) is 0 Å². The highest BCUT2D eigenvalue weighted by Gasteiger charge is 2.35. The monoisotopic (exact) mass is 506 g/mol. The molecule has 0 aliphatic heterocycles. The van der Waals surface area contributed by atoms with E-state index in [1.54, 1.807) is 0 Å². The minimum Gasteiger partial charge on any atom is -0.282 e. The Morgan fingerprint density at radius 1 is 0.667 bits per heavy atom. The van der Waals surface area contributed by atoms with Gasteiger partial charge in [0, 0.05) is 4.90 Å². The van der Waals surface area contributed by atoms with Gasteiger partial charge in [-0.3, -0.25) is 4.55 Å². The summed E-state index contributed by atoms with van der Waals surface area (Å²) < 4.78 is 90.3. The molecule has 0 atom stereocenters. The maximum atomic E-state index is 14.9. The molecule has 184 valence electrons. The molecule has 0 heterocycles. The topological polar surface area (TPSA) is 54.4 Å². The minimum atomic E-state index is -5.52. The number of halogens is 4. The standard InChI is InChI=1S/C24H30F4O3S2/c1-22(2,3)12-10-13(23(4,5)6)19(14(11-12)24(7,8)9)32-20-15(25)17(27)21(33(29,30)31)18(28)16(20)26/h10-11H,1-9H3,(H,29,30,31). The zero-order valence-corrected chi connectivity index (χ0v) is 21.9. The van der Waals surface area contributed by atoms with Crippen molar-refractivity contribution in [2.24, 2.45) is 0 Å². The summed E-state index contributed by atoms with van der Waals surface area (Å²) in [5, 5.41) is 0. The molecular formula is C24H30F4O3S2. The second kappa shape index (κ2) is 8.57. The second-order valence-electron chi connectivity index (χ2n) is 11.1. The number of rotatable bonds is 3. The molecule has 2 rings (SSSR count). The first-order chi connectivity index (χ1) is 14.6. The van der Waals surface area contributed by atoms with Gasteiger partial charge in [-0.05, 0) is 32.9 Å². The van der Waals surface area contributed by atoms with Gasteiger partial charge in [-0.15, -0.1) is 0 Å². The smallest absolute Gasteiger partial charge is 0.282 e. The van der Waals surface area contributed by atoms with Gasteiger partial charge in [0.15, 0.2) is 28.2 Å². The van der Waals surface area contributed by atoms with E-state index < -0.39 is 54.0 Å². The van der Waals surface area contributed by atoms with E-state index in [1.807, 2.05) is 74.4 Å². The van der Waals surface area contributed by atoms with Crippen molar-refractivity contribution >= 4 is 21.9 Å². The Morgan fingerprint density at radius 3 is 1.30 bits per heavy atom. The van der Waals surface area contributed by atoms with Crippen LogP contribution in [-0.2, 0) is 26.4 Å². The van der Waals surface area contributed by atoms with E-state index in [1.165, 1.54) is 0 Å². The van der Waals surface area contributed by atoms with Gasteiger partial charge in [0.25, 0.3) is 0 Å². The SMILES string of the molecule is CC(C)(C)c1cc(C(C)(C)C)c(Sc2c(F)c(F)c(S(=O)(=O)O)c(F)c2F)c(C(C)(C)C)c1. The van der Waals surface area contributed by atoms with Gasteiger partial charge in [-0.25, -0.2) is 17.6 Å². The molecule has 0 fully saturated rings. The van der Waals surface area contributed by atoms with Crippen molar-refractivity contribution in [2.75, 3.05) is 0 Å². The van der Waals surface area contributed by atoms with Gasteiger partial charge in [0.2, 0.25) is 0 Å². The Labute approximate surface area is 197 Å². The van der Waals surface area contributed by atoms with Crippen LogP contribution < -0.4 is 0 Å². The van der Waals surface area contributed by atoms with Crippen molar-refractivity contribution in [1.29, 1.82) is 0 Å². The lowest BCUT2D eigenvalue weighted by molar-refractivity contribution is 0.384. The second-order valence-corrected chi connectivity index (χ2v) is 13.5. The van der Waals surface area contributed by atoms with Crippen LogP contribution in [0, 0.1) is 23.3 Å². The Bertz CT molecular complexity index is 1140. The third kappa shape index (κ3) is 5.57. The Balaban J connectivity index is 2.98. The van der Waals surface area contributed by atoms with Crippen LogP contribution in [0.15, 0.2) is 26.8 Å². The molecule has 2 aromatic rings. The maximum absolute atomic E-state index is 14.9. The maximum Gasteiger partial charge on any atom is 0.300 e. The largest absolute Gasteiger partial charge is 0.300 e. The zero-order chi connectivity index (χ0) is 25.9. The molecule has 1 N–H and O–H groups in total. The molecule has 33 heavy (non-hydrogen) atoms. The third-order valence-electron chi connectivity index (χ3n) is 5.22. The van der Waals surface area contributed by atoms with Gasteiger partial charge in [-0.1, -0.05) is 86.2 Å². The van der Waals surface area contributed by atoms with Crippen LogP contribution in [0.25, 0.3) is 0 Å². The molecule has 0 radical (unpaired) electrons. The lowest BCUT2D eigenvalue weighted by atomic mass is 9.75. The lowest BCUT2D eigenvalue weighted by Crippen LogP contribution is -2.23. The van der Waals surface area contributed by atoms with Gasteiger partial charge >= 0.3 is 10.1 Å². The van der Waals surface area contributed by atoms with Crippen molar-refractivity contribution in [3.05, 3.63) is 52.1 Å². The minimum absolute atomic E-state index is 0.241. The van der Waals surface area contributed by atoms with Crippen LogP contribution in [0.1, 0.15) is 79.0 Å². The van der Waals surface area contributed by atoms with Crippen LogP contribution in [0.4, 0.5) is 17.6 Å². The quantitative estimate of drug-likeness (QED) is 0.266. The van der Waals surface area contributed by atoms with Crippen molar-refractivity contribution < 1.29 is 30.5 Å². The summed E-state index contributed by atoms with van der Waals surface area (Å²) in [6.45, 7) is 17.6. The van der Waals surface area contributed by atoms with Crippen LogP contribution in [0.5, 0.6) is 0 Å². The van der Waals surface area contributed by atoms with Gasteiger partial charge < -0.3 is 0 Å². The predicted octanol–water partition coefficient (Wildman–Crippen LogP) is 7.53. The molecule has 0 spiro atoms. The summed E-state index contributed by atoms with van der Waals surface area (Å²) in [6.07, 6.45) is 0. The van der Waals surface area contributed by atoms with Crippen LogP contribution in [0.3, 0.4) is 0 Å². The van der Waals surface area contributed by atoms with Crippen LogP contribution in [-0.4, -0.2) is 13.0 Å². The molecule has 3 nitrogen and oxygen atoms in total. The number of hydrogen-bond donors (Lipinski definition) is 1. The summed E-state index contributed by atoms with van der Waals surface area (Å²) in [7, 11) is -5.52. The molecule has 9 heteroatoms. The van der Waals surface area contributed by atoms with E-state index >= 15 is 0 Å².